The third-order valence-corrected chi connectivity index (χ3v) is 1.92. The summed E-state index contributed by atoms with van der Waals surface area (Å²) in [6.07, 6.45) is 0.246. The molecule has 1 rings (SSSR count). The summed E-state index contributed by atoms with van der Waals surface area (Å²) >= 11 is 3.28. The predicted octanol–water partition coefficient (Wildman–Crippen LogP) is 1.70. The topological polar surface area (TPSA) is 52.3 Å². The summed E-state index contributed by atoms with van der Waals surface area (Å²) in [5.74, 6) is 0.242. The van der Waals surface area contributed by atoms with E-state index in [4.69, 9.17) is 10.5 Å². The maximum Gasteiger partial charge on any atom is 0.312 e. The molecule has 3 nitrogen and oxygen atoms in total. The van der Waals surface area contributed by atoms with Gasteiger partial charge in [0.05, 0.1) is 6.42 Å². The van der Waals surface area contributed by atoms with Gasteiger partial charge in [-0.2, -0.15) is 0 Å². The quantitative estimate of drug-likeness (QED) is 0.650. The molecule has 0 radical (unpaired) electrons. The molecule has 1 aromatic rings. The van der Waals surface area contributed by atoms with Gasteiger partial charge in [-0.25, -0.2) is 0 Å². The molecule has 0 heterocycles. The molecule has 0 saturated carbocycles. The van der Waals surface area contributed by atoms with Crippen molar-refractivity contribution in [2.75, 3.05) is 6.54 Å². The predicted molar refractivity (Wildman–Crippen MR) is 53.4 cm³/mol. The van der Waals surface area contributed by atoms with Crippen LogP contribution in [0.1, 0.15) is 6.42 Å². The molecule has 1 aromatic carbocycles. The highest BCUT2D eigenvalue weighted by Gasteiger charge is 2.02. The zero-order chi connectivity index (χ0) is 9.68. The standard InChI is InChI=1S/C9H10BrNO2/c10-7-1-3-8(4-2-7)13-9(12)5-6-11/h1-4H,5-6,11H2. The lowest BCUT2D eigenvalue weighted by Gasteiger charge is -2.02. The second kappa shape index (κ2) is 4.99. The van der Waals surface area contributed by atoms with E-state index in [-0.39, 0.29) is 12.4 Å². The normalized spacial score (nSPS) is 9.69. The van der Waals surface area contributed by atoms with Crippen molar-refractivity contribution in [3.63, 3.8) is 0 Å². The van der Waals surface area contributed by atoms with Gasteiger partial charge in [0.15, 0.2) is 0 Å². The number of hydrogen-bond donors (Lipinski definition) is 1. The summed E-state index contributed by atoms with van der Waals surface area (Å²) in [7, 11) is 0. The molecule has 13 heavy (non-hydrogen) atoms. The van der Waals surface area contributed by atoms with Gasteiger partial charge in [-0.15, -0.1) is 0 Å². The van der Waals surface area contributed by atoms with Crippen LogP contribution < -0.4 is 10.5 Å². The van der Waals surface area contributed by atoms with Crippen LogP contribution in [0.5, 0.6) is 5.75 Å². The first-order valence-corrected chi connectivity index (χ1v) is 4.68. The fourth-order valence-corrected chi connectivity index (χ4v) is 1.07. The fraction of sp³-hybridized carbons (Fsp3) is 0.222. The first-order valence-electron chi connectivity index (χ1n) is 3.88. The van der Waals surface area contributed by atoms with Crippen molar-refractivity contribution in [1.82, 2.24) is 0 Å². The van der Waals surface area contributed by atoms with E-state index in [1.165, 1.54) is 0 Å². The molecule has 70 valence electrons. The van der Waals surface area contributed by atoms with Crippen molar-refractivity contribution in [3.05, 3.63) is 28.7 Å². The van der Waals surface area contributed by atoms with Crippen LogP contribution in [0.25, 0.3) is 0 Å². The lowest BCUT2D eigenvalue weighted by atomic mass is 10.3. The van der Waals surface area contributed by atoms with Gasteiger partial charge in [0.2, 0.25) is 0 Å². The maximum absolute atomic E-state index is 11.0. The molecule has 0 aliphatic carbocycles. The minimum Gasteiger partial charge on any atom is -0.426 e. The summed E-state index contributed by atoms with van der Waals surface area (Å²) in [6.45, 7) is 0.315. The van der Waals surface area contributed by atoms with Crippen LogP contribution in [0.2, 0.25) is 0 Å². The van der Waals surface area contributed by atoms with E-state index < -0.39 is 0 Å². The van der Waals surface area contributed by atoms with Gasteiger partial charge in [0, 0.05) is 11.0 Å². The molecular weight excluding hydrogens is 234 g/mol. The molecular formula is C9H10BrNO2. The molecule has 0 aliphatic heterocycles. The molecule has 0 aromatic heterocycles. The van der Waals surface area contributed by atoms with Gasteiger partial charge in [-0.3, -0.25) is 4.79 Å². The Hall–Kier alpha value is -0.870. The zero-order valence-electron chi connectivity index (χ0n) is 7.00. The fourth-order valence-electron chi connectivity index (χ4n) is 0.803. The molecule has 0 saturated heterocycles. The van der Waals surface area contributed by atoms with E-state index >= 15 is 0 Å². The number of esters is 1. The second-order valence-electron chi connectivity index (χ2n) is 2.47. The van der Waals surface area contributed by atoms with Gasteiger partial charge in [0.25, 0.3) is 0 Å². The lowest BCUT2D eigenvalue weighted by molar-refractivity contribution is -0.134. The van der Waals surface area contributed by atoms with Gasteiger partial charge in [0.1, 0.15) is 5.75 Å². The van der Waals surface area contributed by atoms with E-state index in [9.17, 15) is 4.79 Å². The highest BCUT2D eigenvalue weighted by atomic mass is 79.9. The number of hydrogen-bond acceptors (Lipinski definition) is 3. The van der Waals surface area contributed by atoms with Crippen molar-refractivity contribution in [2.24, 2.45) is 5.73 Å². The lowest BCUT2D eigenvalue weighted by Crippen LogP contribution is -2.13. The molecule has 0 atom stereocenters. The van der Waals surface area contributed by atoms with Crippen LogP contribution in [0, 0.1) is 0 Å². The zero-order valence-corrected chi connectivity index (χ0v) is 8.58. The van der Waals surface area contributed by atoms with Crippen LogP contribution in [-0.4, -0.2) is 12.5 Å². The van der Waals surface area contributed by atoms with Crippen LogP contribution in [0.4, 0.5) is 0 Å². The molecule has 0 spiro atoms. The Balaban J connectivity index is 2.54. The number of benzene rings is 1. The number of carbonyl (C=O) groups is 1. The Labute approximate surface area is 85.0 Å². The Bertz CT molecular complexity index is 284. The Kier molecular flexibility index (Phi) is 3.92. The van der Waals surface area contributed by atoms with Crippen LogP contribution in [0.3, 0.4) is 0 Å². The van der Waals surface area contributed by atoms with Crippen LogP contribution in [0.15, 0.2) is 28.7 Å². The van der Waals surface area contributed by atoms with E-state index in [2.05, 4.69) is 15.9 Å². The SMILES string of the molecule is NCCC(=O)Oc1ccc(Br)cc1. The average Bonchev–Trinajstić information content (AvgIpc) is 2.09. The highest BCUT2D eigenvalue weighted by molar-refractivity contribution is 9.10. The Morgan fingerprint density at radius 3 is 2.54 bits per heavy atom. The second-order valence-corrected chi connectivity index (χ2v) is 3.38. The number of ether oxygens (including phenoxy) is 1. The Morgan fingerprint density at radius 2 is 2.00 bits per heavy atom. The summed E-state index contributed by atoms with van der Waals surface area (Å²) in [4.78, 5) is 11.0. The summed E-state index contributed by atoms with van der Waals surface area (Å²) < 4.78 is 5.92. The van der Waals surface area contributed by atoms with Gasteiger partial charge < -0.3 is 10.5 Å². The molecule has 0 aliphatic rings. The van der Waals surface area contributed by atoms with E-state index in [0.717, 1.165) is 4.47 Å². The number of halogens is 1. The molecule has 4 heteroatoms. The first-order chi connectivity index (χ1) is 6.22. The van der Waals surface area contributed by atoms with Crippen molar-refractivity contribution in [1.29, 1.82) is 0 Å². The number of nitrogens with two attached hydrogens (primary N) is 1. The third-order valence-electron chi connectivity index (χ3n) is 1.39. The maximum atomic E-state index is 11.0. The smallest absolute Gasteiger partial charge is 0.312 e. The van der Waals surface area contributed by atoms with Crippen LogP contribution in [-0.2, 0) is 4.79 Å². The molecule has 2 N–H and O–H groups in total. The summed E-state index contributed by atoms with van der Waals surface area (Å²) in [6, 6.07) is 7.06. The average molecular weight is 244 g/mol. The largest absolute Gasteiger partial charge is 0.426 e. The number of carbonyl (C=O) groups excluding carboxylic acids is 1. The molecule has 0 unspecified atom stereocenters. The highest BCUT2D eigenvalue weighted by Crippen LogP contribution is 2.16. The Morgan fingerprint density at radius 1 is 1.38 bits per heavy atom. The van der Waals surface area contributed by atoms with Gasteiger partial charge in [-0.05, 0) is 24.3 Å². The van der Waals surface area contributed by atoms with E-state index in [1.807, 2.05) is 12.1 Å². The van der Waals surface area contributed by atoms with Gasteiger partial charge in [-0.1, -0.05) is 15.9 Å². The monoisotopic (exact) mass is 243 g/mol. The molecule has 0 fully saturated rings. The molecule has 0 bridgehead atoms. The van der Waals surface area contributed by atoms with Crippen molar-refractivity contribution < 1.29 is 9.53 Å². The van der Waals surface area contributed by atoms with E-state index in [0.29, 0.717) is 12.3 Å². The van der Waals surface area contributed by atoms with Crippen molar-refractivity contribution >= 4 is 21.9 Å². The molecule has 0 amide bonds. The van der Waals surface area contributed by atoms with Crippen molar-refractivity contribution in [3.8, 4) is 5.75 Å². The summed E-state index contributed by atoms with van der Waals surface area (Å²) in [5, 5.41) is 0. The third kappa shape index (κ3) is 3.57. The van der Waals surface area contributed by atoms with Crippen LogP contribution >= 0.6 is 15.9 Å². The summed E-state index contributed by atoms with van der Waals surface area (Å²) in [5.41, 5.74) is 5.20. The van der Waals surface area contributed by atoms with Gasteiger partial charge >= 0.3 is 5.97 Å². The van der Waals surface area contributed by atoms with Crippen molar-refractivity contribution in [2.45, 2.75) is 6.42 Å². The number of rotatable bonds is 3. The first kappa shape index (κ1) is 10.2. The minimum atomic E-state index is -0.301. The van der Waals surface area contributed by atoms with E-state index in [1.54, 1.807) is 12.1 Å². The minimum absolute atomic E-state index is 0.246.